The lowest BCUT2D eigenvalue weighted by Gasteiger charge is -2.10. The van der Waals surface area contributed by atoms with E-state index in [0.717, 1.165) is 4.34 Å². The Balaban J connectivity index is 2.09. The van der Waals surface area contributed by atoms with E-state index in [1.165, 1.54) is 23.1 Å². The molecule has 8 nitrogen and oxygen atoms in total. The summed E-state index contributed by atoms with van der Waals surface area (Å²) in [6.07, 6.45) is 0. The summed E-state index contributed by atoms with van der Waals surface area (Å²) < 4.78 is 0.776. The molecule has 2 aromatic heterocycles. The van der Waals surface area contributed by atoms with E-state index in [1.807, 2.05) is 14.1 Å². The first-order valence-electron chi connectivity index (χ1n) is 4.94. The summed E-state index contributed by atoms with van der Waals surface area (Å²) in [5, 5.41) is 8.08. The molecule has 0 unspecified atom stereocenters. The topological polar surface area (TPSA) is 120 Å². The van der Waals surface area contributed by atoms with Gasteiger partial charge in [0.05, 0.1) is 5.75 Å². The van der Waals surface area contributed by atoms with Crippen LogP contribution in [0.15, 0.2) is 4.34 Å². The van der Waals surface area contributed by atoms with Crippen LogP contribution in [0.3, 0.4) is 0 Å². The lowest BCUT2D eigenvalue weighted by Crippen LogP contribution is -2.15. The molecule has 2 aromatic rings. The summed E-state index contributed by atoms with van der Waals surface area (Å²) in [6.45, 7) is 0. The summed E-state index contributed by atoms with van der Waals surface area (Å²) in [5.74, 6) is 1.89. The number of rotatable bonds is 4. The van der Waals surface area contributed by atoms with Crippen molar-refractivity contribution in [3.63, 3.8) is 0 Å². The highest BCUT2D eigenvalue weighted by atomic mass is 32.2. The van der Waals surface area contributed by atoms with Gasteiger partial charge in [-0.3, -0.25) is 0 Å². The van der Waals surface area contributed by atoms with Crippen LogP contribution in [0.4, 0.5) is 17.0 Å². The molecule has 4 N–H and O–H groups in total. The maximum atomic E-state index is 5.63. The molecule has 0 aliphatic rings. The molecular formula is C8H12N8S2. The molecule has 2 heterocycles. The summed E-state index contributed by atoms with van der Waals surface area (Å²) in [4.78, 5) is 14.1. The highest BCUT2D eigenvalue weighted by Crippen LogP contribution is 2.26. The van der Waals surface area contributed by atoms with Crippen molar-refractivity contribution in [2.24, 2.45) is 0 Å². The van der Waals surface area contributed by atoms with E-state index in [2.05, 4.69) is 25.1 Å². The Morgan fingerprint density at radius 1 is 1.17 bits per heavy atom. The molecule has 0 aliphatic carbocycles. The second kappa shape index (κ2) is 5.31. The molecule has 0 bridgehead atoms. The van der Waals surface area contributed by atoms with E-state index in [-0.39, 0.29) is 5.95 Å². The van der Waals surface area contributed by atoms with Crippen LogP contribution in [0.25, 0.3) is 0 Å². The highest BCUT2D eigenvalue weighted by Gasteiger charge is 2.08. The van der Waals surface area contributed by atoms with Gasteiger partial charge in [-0.15, -0.1) is 10.2 Å². The minimum Gasteiger partial charge on any atom is -0.374 e. The van der Waals surface area contributed by atoms with Gasteiger partial charge in [-0.25, -0.2) is 0 Å². The molecule has 0 saturated carbocycles. The molecule has 2 rings (SSSR count). The molecule has 0 spiro atoms. The van der Waals surface area contributed by atoms with Gasteiger partial charge in [-0.2, -0.15) is 15.0 Å². The van der Waals surface area contributed by atoms with E-state index < -0.39 is 0 Å². The first-order chi connectivity index (χ1) is 8.54. The monoisotopic (exact) mass is 284 g/mol. The molecule has 96 valence electrons. The second-order valence-corrected chi connectivity index (χ2v) is 5.73. The Hall–Kier alpha value is -1.68. The number of nitrogen functional groups attached to an aromatic ring is 2. The molecule has 0 saturated heterocycles. The van der Waals surface area contributed by atoms with Gasteiger partial charge in [-0.1, -0.05) is 23.1 Å². The fourth-order valence-corrected chi connectivity index (χ4v) is 2.59. The zero-order valence-electron chi connectivity index (χ0n) is 9.86. The van der Waals surface area contributed by atoms with Gasteiger partial charge in [-0.05, 0) is 0 Å². The maximum absolute atomic E-state index is 5.63. The predicted molar refractivity (Wildman–Crippen MR) is 72.4 cm³/mol. The third-order valence-electron chi connectivity index (χ3n) is 1.83. The first-order valence-corrected chi connectivity index (χ1v) is 6.74. The van der Waals surface area contributed by atoms with Crippen LogP contribution in [0.2, 0.25) is 0 Å². The summed E-state index contributed by atoms with van der Waals surface area (Å²) in [7, 11) is 3.69. The lowest BCUT2D eigenvalue weighted by molar-refractivity contribution is 0.918. The summed E-state index contributed by atoms with van der Waals surface area (Å²) in [6, 6.07) is 0. The van der Waals surface area contributed by atoms with Crippen molar-refractivity contribution in [1.29, 1.82) is 0 Å². The Morgan fingerprint density at radius 3 is 2.56 bits per heavy atom. The van der Waals surface area contributed by atoms with Crippen LogP contribution in [-0.4, -0.2) is 39.2 Å². The maximum Gasteiger partial charge on any atom is 0.229 e. The molecule has 10 heteroatoms. The van der Waals surface area contributed by atoms with Crippen LogP contribution in [0.5, 0.6) is 0 Å². The van der Waals surface area contributed by atoms with Gasteiger partial charge in [0.15, 0.2) is 4.34 Å². The fourth-order valence-electron chi connectivity index (χ4n) is 1.09. The van der Waals surface area contributed by atoms with Crippen molar-refractivity contribution >= 4 is 40.1 Å². The number of hydrogen-bond donors (Lipinski definition) is 2. The van der Waals surface area contributed by atoms with Crippen molar-refractivity contribution in [2.75, 3.05) is 30.5 Å². The van der Waals surface area contributed by atoms with Crippen molar-refractivity contribution in [3.8, 4) is 0 Å². The average Bonchev–Trinajstić information content (AvgIpc) is 2.72. The van der Waals surface area contributed by atoms with Crippen molar-refractivity contribution in [2.45, 2.75) is 10.1 Å². The number of aromatic nitrogens is 5. The van der Waals surface area contributed by atoms with Crippen molar-refractivity contribution < 1.29 is 0 Å². The molecule has 0 aliphatic heterocycles. The number of anilines is 3. The zero-order valence-corrected chi connectivity index (χ0v) is 11.5. The second-order valence-electron chi connectivity index (χ2n) is 3.50. The predicted octanol–water partition coefficient (Wildman–Crippen LogP) is 0.246. The number of nitrogens with two attached hydrogens (primary N) is 2. The Labute approximate surface area is 112 Å². The molecule has 0 amide bonds. The zero-order chi connectivity index (χ0) is 13.1. The summed E-state index contributed by atoms with van der Waals surface area (Å²) >= 11 is 2.79. The minimum absolute atomic E-state index is 0.209. The quantitative estimate of drug-likeness (QED) is 0.761. The van der Waals surface area contributed by atoms with Crippen molar-refractivity contribution in [1.82, 2.24) is 25.1 Å². The molecule has 0 radical (unpaired) electrons. The van der Waals surface area contributed by atoms with Gasteiger partial charge in [0.25, 0.3) is 0 Å². The molecular weight excluding hydrogens is 272 g/mol. The molecule has 0 fully saturated rings. The van der Waals surface area contributed by atoms with Gasteiger partial charge >= 0.3 is 0 Å². The number of thioether (sulfide) groups is 1. The number of nitrogens with zero attached hydrogens (tertiary/aromatic N) is 6. The van der Waals surface area contributed by atoms with Gasteiger partial charge in [0, 0.05) is 14.1 Å². The standard InChI is InChI=1S/C8H12N8S2/c1-16(2)7-12-4(11-5(9)13-7)3-17-8-15-14-6(10)18-8/h3H2,1-2H3,(H2,10,14)(H2,9,11,12,13). The van der Waals surface area contributed by atoms with E-state index in [9.17, 15) is 0 Å². The van der Waals surface area contributed by atoms with Gasteiger partial charge in [0.2, 0.25) is 17.0 Å². The molecule has 0 aromatic carbocycles. The fraction of sp³-hybridized carbons (Fsp3) is 0.375. The highest BCUT2D eigenvalue weighted by molar-refractivity contribution is 8.00. The van der Waals surface area contributed by atoms with E-state index >= 15 is 0 Å². The molecule has 0 atom stereocenters. The third kappa shape index (κ3) is 3.17. The van der Waals surface area contributed by atoms with Crippen LogP contribution in [0, 0.1) is 0 Å². The first kappa shape index (κ1) is 12.8. The Bertz CT molecular complexity index is 540. The Morgan fingerprint density at radius 2 is 1.94 bits per heavy atom. The lowest BCUT2D eigenvalue weighted by atomic mass is 10.6. The summed E-state index contributed by atoms with van der Waals surface area (Å²) in [5.41, 5.74) is 11.1. The normalized spacial score (nSPS) is 10.6. The number of hydrogen-bond acceptors (Lipinski definition) is 10. The van der Waals surface area contributed by atoms with Gasteiger partial charge in [0.1, 0.15) is 5.82 Å². The minimum atomic E-state index is 0.209. The van der Waals surface area contributed by atoms with E-state index in [4.69, 9.17) is 11.5 Å². The van der Waals surface area contributed by atoms with Crippen LogP contribution in [0.1, 0.15) is 5.82 Å². The van der Waals surface area contributed by atoms with Crippen molar-refractivity contribution in [3.05, 3.63) is 5.82 Å². The Kier molecular flexibility index (Phi) is 3.77. The van der Waals surface area contributed by atoms with Gasteiger partial charge < -0.3 is 16.4 Å². The van der Waals surface area contributed by atoms with E-state index in [1.54, 1.807) is 4.90 Å². The van der Waals surface area contributed by atoms with E-state index in [0.29, 0.717) is 22.7 Å². The molecule has 18 heavy (non-hydrogen) atoms. The van der Waals surface area contributed by atoms with Crippen LogP contribution >= 0.6 is 23.1 Å². The smallest absolute Gasteiger partial charge is 0.229 e. The SMILES string of the molecule is CN(C)c1nc(N)nc(CSc2nnc(N)s2)n1. The average molecular weight is 284 g/mol. The van der Waals surface area contributed by atoms with Crippen LogP contribution < -0.4 is 16.4 Å². The van der Waals surface area contributed by atoms with Crippen LogP contribution in [-0.2, 0) is 5.75 Å². The third-order valence-corrected chi connectivity index (χ3v) is 3.72. The largest absolute Gasteiger partial charge is 0.374 e.